The third-order valence-electron chi connectivity index (χ3n) is 1.56. The Hall–Kier alpha value is -0.190. The molecule has 0 saturated carbocycles. The molecule has 0 heterocycles. The van der Waals surface area contributed by atoms with E-state index in [1.165, 1.54) is 5.56 Å². The average Bonchev–Trinajstić information content (AvgIpc) is 2.18. The maximum absolute atomic E-state index is 5.05. The van der Waals surface area contributed by atoms with E-state index in [9.17, 15) is 0 Å². The highest BCUT2D eigenvalue weighted by atomic mass is 32.2. The second kappa shape index (κ2) is 7.15. The monoisotopic (exact) mass is 244 g/mol. The van der Waals surface area contributed by atoms with Gasteiger partial charge in [-0.2, -0.15) is 11.8 Å². The van der Waals surface area contributed by atoms with Crippen molar-refractivity contribution in [1.29, 1.82) is 0 Å². The van der Waals surface area contributed by atoms with Crippen LogP contribution in [0.4, 0.5) is 0 Å². The van der Waals surface area contributed by atoms with Gasteiger partial charge in [0.2, 0.25) is 4.38 Å². The van der Waals surface area contributed by atoms with Crippen LogP contribution in [0.1, 0.15) is 5.56 Å². The van der Waals surface area contributed by atoms with Crippen molar-refractivity contribution in [3.05, 3.63) is 35.9 Å². The molecule has 0 saturated heterocycles. The number of hydrogen-bond donors (Lipinski definition) is 1. The highest BCUT2D eigenvalue weighted by Crippen LogP contribution is 2.11. The zero-order valence-corrected chi connectivity index (χ0v) is 10.2. The van der Waals surface area contributed by atoms with Crippen LogP contribution in [-0.4, -0.2) is 16.7 Å². The van der Waals surface area contributed by atoms with Gasteiger partial charge in [-0.3, -0.25) is 0 Å². The summed E-state index contributed by atoms with van der Waals surface area (Å²) in [6.07, 6.45) is 0. The minimum atomic E-state index is 0.324. The normalized spacial score (nSPS) is 9.79. The first kappa shape index (κ1) is 11.9. The molecule has 0 aliphatic carbocycles. The standard InChI is InChI=1S/C10H12OS3/c12-10(13)11-6-7-14-8-9-4-2-1-3-5-9/h1-5H,6-8H2,(H,12,13). The van der Waals surface area contributed by atoms with Crippen molar-refractivity contribution in [1.82, 2.24) is 0 Å². The fourth-order valence-corrected chi connectivity index (χ4v) is 1.90. The smallest absolute Gasteiger partial charge is 0.216 e. The van der Waals surface area contributed by atoms with Gasteiger partial charge in [-0.25, -0.2) is 0 Å². The second-order valence-electron chi connectivity index (χ2n) is 2.65. The molecule has 0 N–H and O–H groups in total. The van der Waals surface area contributed by atoms with Crippen LogP contribution < -0.4 is 0 Å². The Morgan fingerprint density at radius 2 is 2.07 bits per heavy atom. The summed E-state index contributed by atoms with van der Waals surface area (Å²) in [5, 5.41) is 0. The molecule has 1 rings (SSSR count). The Morgan fingerprint density at radius 1 is 1.36 bits per heavy atom. The van der Waals surface area contributed by atoms with Gasteiger partial charge in [-0.1, -0.05) is 43.0 Å². The van der Waals surface area contributed by atoms with Crippen molar-refractivity contribution >= 4 is 41.0 Å². The number of ether oxygens (including phenoxy) is 1. The van der Waals surface area contributed by atoms with Gasteiger partial charge < -0.3 is 4.74 Å². The third kappa shape index (κ3) is 5.52. The molecule has 0 spiro atoms. The van der Waals surface area contributed by atoms with E-state index in [1.54, 1.807) is 0 Å². The third-order valence-corrected chi connectivity index (χ3v) is 2.80. The quantitative estimate of drug-likeness (QED) is 0.484. The van der Waals surface area contributed by atoms with Gasteiger partial charge in [-0.15, -0.1) is 0 Å². The number of rotatable bonds is 5. The van der Waals surface area contributed by atoms with Gasteiger partial charge in [-0.05, 0) is 17.8 Å². The van der Waals surface area contributed by atoms with Gasteiger partial charge >= 0.3 is 0 Å². The van der Waals surface area contributed by atoms with E-state index in [0.29, 0.717) is 11.0 Å². The highest BCUT2D eigenvalue weighted by molar-refractivity contribution is 8.10. The SMILES string of the molecule is S=C(S)OCCSCc1ccccc1. The predicted molar refractivity (Wildman–Crippen MR) is 70.1 cm³/mol. The summed E-state index contributed by atoms with van der Waals surface area (Å²) in [5.41, 5.74) is 1.34. The molecule has 0 atom stereocenters. The molecule has 0 fully saturated rings. The number of thioether (sulfide) groups is 1. The molecule has 0 unspecified atom stereocenters. The Balaban J connectivity index is 2.08. The molecule has 14 heavy (non-hydrogen) atoms. The van der Waals surface area contributed by atoms with Crippen LogP contribution >= 0.6 is 36.6 Å². The van der Waals surface area contributed by atoms with Crippen LogP contribution in [0.3, 0.4) is 0 Å². The summed E-state index contributed by atoms with van der Waals surface area (Å²) >= 11 is 10.4. The molecular weight excluding hydrogens is 232 g/mol. The first-order chi connectivity index (χ1) is 6.79. The zero-order valence-electron chi connectivity index (χ0n) is 7.68. The van der Waals surface area contributed by atoms with Gasteiger partial charge in [0, 0.05) is 11.5 Å². The molecule has 76 valence electrons. The molecule has 0 aromatic heterocycles. The Morgan fingerprint density at radius 3 is 2.71 bits per heavy atom. The first-order valence-corrected chi connectivity index (χ1v) is 6.27. The summed E-state index contributed by atoms with van der Waals surface area (Å²) in [5.74, 6) is 1.96. The topological polar surface area (TPSA) is 9.23 Å². The van der Waals surface area contributed by atoms with E-state index in [4.69, 9.17) is 4.74 Å². The van der Waals surface area contributed by atoms with E-state index in [2.05, 4.69) is 49.1 Å². The second-order valence-corrected chi connectivity index (χ2v) is 4.84. The first-order valence-electron chi connectivity index (χ1n) is 4.26. The molecule has 0 radical (unpaired) electrons. The molecule has 0 aliphatic heterocycles. The summed E-state index contributed by atoms with van der Waals surface area (Å²) in [6, 6.07) is 10.4. The van der Waals surface area contributed by atoms with Crippen LogP contribution in [0.2, 0.25) is 0 Å². The van der Waals surface area contributed by atoms with Crippen molar-refractivity contribution in [2.75, 3.05) is 12.4 Å². The number of benzene rings is 1. The largest absolute Gasteiger partial charge is 0.478 e. The van der Waals surface area contributed by atoms with Crippen LogP contribution in [0, 0.1) is 0 Å². The molecule has 4 heteroatoms. The Bertz CT molecular complexity index is 274. The number of hydrogen-bond acceptors (Lipinski definition) is 3. The lowest BCUT2D eigenvalue weighted by Gasteiger charge is -2.03. The molecule has 0 amide bonds. The molecule has 0 bridgehead atoms. The van der Waals surface area contributed by atoms with Gasteiger partial charge in [0.15, 0.2) is 0 Å². The van der Waals surface area contributed by atoms with E-state index < -0.39 is 0 Å². The minimum Gasteiger partial charge on any atom is -0.478 e. The highest BCUT2D eigenvalue weighted by Gasteiger charge is 1.93. The number of thiol groups is 1. The fraction of sp³-hybridized carbons (Fsp3) is 0.300. The van der Waals surface area contributed by atoms with Gasteiger partial charge in [0.05, 0.1) is 6.61 Å². The molecule has 1 aromatic rings. The fourth-order valence-electron chi connectivity index (χ4n) is 0.952. The van der Waals surface area contributed by atoms with Gasteiger partial charge in [0.25, 0.3) is 0 Å². The summed E-state index contributed by atoms with van der Waals surface area (Å²) in [6.45, 7) is 0.639. The molecule has 1 nitrogen and oxygen atoms in total. The lowest BCUT2D eigenvalue weighted by atomic mass is 10.2. The number of thiocarbonyl (C=S) groups is 1. The van der Waals surface area contributed by atoms with E-state index in [1.807, 2.05) is 17.8 Å². The van der Waals surface area contributed by atoms with Crippen molar-refractivity contribution in [2.24, 2.45) is 0 Å². The molecule has 1 aromatic carbocycles. The van der Waals surface area contributed by atoms with Crippen LogP contribution in [-0.2, 0) is 10.5 Å². The molecular formula is C10H12OS3. The summed E-state index contributed by atoms with van der Waals surface area (Å²) < 4.78 is 5.38. The van der Waals surface area contributed by atoms with Crippen molar-refractivity contribution in [2.45, 2.75) is 5.75 Å². The summed E-state index contributed by atoms with van der Waals surface area (Å²) in [7, 11) is 0. The lowest BCUT2D eigenvalue weighted by molar-refractivity contribution is 0.350. The van der Waals surface area contributed by atoms with E-state index >= 15 is 0 Å². The minimum absolute atomic E-state index is 0.324. The molecule has 0 aliphatic rings. The Kier molecular flexibility index (Phi) is 6.07. The van der Waals surface area contributed by atoms with E-state index in [-0.39, 0.29) is 0 Å². The van der Waals surface area contributed by atoms with Gasteiger partial charge in [0.1, 0.15) is 0 Å². The van der Waals surface area contributed by atoms with Crippen molar-refractivity contribution in [3.63, 3.8) is 0 Å². The summed E-state index contributed by atoms with van der Waals surface area (Å²) in [4.78, 5) is 0. The maximum atomic E-state index is 5.05. The van der Waals surface area contributed by atoms with Crippen molar-refractivity contribution in [3.8, 4) is 0 Å². The maximum Gasteiger partial charge on any atom is 0.216 e. The van der Waals surface area contributed by atoms with Crippen LogP contribution in [0.15, 0.2) is 30.3 Å². The average molecular weight is 244 g/mol. The van der Waals surface area contributed by atoms with Crippen LogP contribution in [0.5, 0.6) is 0 Å². The van der Waals surface area contributed by atoms with E-state index in [0.717, 1.165) is 11.5 Å². The predicted octanol–water partition coefficient (Wildman–Crippen LogP) is 3.15. The lowest BCUT2D eigenvalue weighted by Crippen LogP contribution is -1.98. The zero-order chi connectivity index (χ0) is 10.2. The Labute approximate surface area is 99.6 Å². The van der Waals surface area contributed by atoms with Crippen molar-refractivity contribution < 1.29 is 4.74 Å². The van der Waals surface area contributed by atoms with Crippen LogP contribution in [0.25, 0.3) is 0 Å².